The lowest BCUT2D eigenvalue weighted by molar-refractivity contribution is 0.251. The van der Waals surface area contributed by atoms with Crippen LogP contribution < -0.4 is 5.43 Å². The first-order valence-electron chi connectivity index (χ1n) is 7.37. The van der Waals surface area contributed by atoms with E-state index in [-0.39, 0.29) is 12.4 Å². The second kappa shape index (κ2) is 8.17. The Morgan fingerprint density at radius 1 is 1.24 bits per heavy atom. The molecule has 1 rings (SSSR count). The minimum absolute atomic E-state index is 0.210. The topological polar surface area (TPSA) is 68.9 Å². The minimum Gasteiger partial charge on any atom is -0.503 e. The maximum Gasteiger partial charge on any atom is 0.223 e. The first-order valence-corrected chi connectivity index (χ1v) is 7.37. The molecule has 0 bridgehead atoms. The SMILES string of the molecule is CCN(CC)Cc1c(O)c(=O)cc(CO)n1CCN(C)C. The molecule has 1 heterocycles. The van der Waals surface area contributed by atoms with Gasteiger partial charge in [0.15, 0.2) is 5.75 Å². The lowest BCUT2D eigenvalue weighted by Gasteiger charge is -2.25. The zero-order valence-corrected chi connectivity index (χ0v) is 13.5. The lowest BCUT2D eigenvalue weighted by Crippen LogP contribution is -2.29. The number of aliphatic hydroxyl groups excluding tert-OH is 1. The standard InChI is InChI=1S/C15H27N3O3/c1-5-17(6-2)10-13-15(21)14(20)9-12(11-19)18(13)8-7-16(3)4/h9,19,21H,5-8,10-11H2,1-4H3. The molecule has 1 aromatic heterocycles. The average Bonchev–Trinajstić information content (AvgIpc) is 2.46. The fourth-order valence-electron chi connectivity index (χ4n) is 2.27. The van der Waals surface area contributed by atoms with E-state index in [9.17, 15) is 15.0 Å². The molecule has 0 unspecified atom stereocenters. The quantitative estimate of drug-likeness (QED) is 0.729. The number of hydrogen-bond acceptors (Lipinski definition) is 5. The van der Waals surface area contributed by atoms with Crippen LogP contribution >= 0.6 is 0 Å². The van der Waals surface area contributed by atoms with Gasteiger partial charge in [0, 0.05) is 31.4 Å². The molecule has 0 aromatic carbocycles. The highest BCUT2D eigenvalue weighted by Crippen LogP contribution is 2.17. The molecule has 2 N–H and O–H groups in total. The molecule has 1 aromatic rings. The van der Waals surface area contributed by atoms with Gasteiger partial charge in [-0.05, 0) is 27.2 Å². The summed E-state index contributed by atoms with van der Waals surface area (Å²) in [6.07, 6.45) is 0. The average molecular weight is 297 g/mol. The third-order valence-electron chi connectivity index (χ3n) is 3.68. The Bertz CT molecular complexity index is 508. The Morgan fingerprint density at radius 2 is 1.86 bits per heavy atom. The number of likely N-dealkylation sites (N-methyl/N-ethyl adjacent to an activating group) is 1. The summed E-state index contributed by atoms with van der Waals surface area (Å²) >= 11 is 0. The van der Waals surface area contributed by atoms with Gasteiger partial charge in [0.25, 0.3) is 0 Å². The maximum absolute atomic E-state index is 11.9. The molecule has 6 heteroatoms. The summed E-state index contributed by atoms with van der Waals surface area (Å²) in [5.74, 6) is -0.210. The van der Waals surface area contributed by atoms with Gasteiger partial charge in [-0.25, -0.2) is 0 Å². The van der Waals surface area contributed by atoms with E-state index < -0.39 is 5.43 Å². The minimum atomic E-state index is -0.428. The molecule has 6 nitrogen and oxygen atoms in total. The summed E-state index contributed by atoms with van der Waals surface area (Å²) in [5, 5.41) is 19.7. The van der Waals surface area contributed by atoms with E-state index in [2.05, 4.69) is 4.90 Å². The molecule has 0 aliphatic carbocycles. The summed E-state index contributed by atoms with van der Waals surface area (Å²) in [6, 6.07) is 1.32. The molecule has 0 fully saturated rings. The van der Waals surface area contributed by atoms with Crippen LogP contribution in [-0.2, 0) is 19.7 Å². The van der Waals surface area contributed by atoms with E-state index in [0.717, 1.165) is 19.6 Å². The number of pyridine rings is 1. The molecule has 0 aliphatic heterocycles. The van der Waals surface area contributed by atoms with Crippen LogP contribution in [0.15, 0.2) is 10.9 Å². The summed E-state index contributed by atoms with van der Waals surface area (Å²) < 4.78 is 1.86. The third kappa shape index (κ3) is 4.56. The van der Waals surface area contributed by atoms with E-state index >= 15 is 0 Å². The van der Waals surface area contributed by atoms with Gasteiger partial charge in [0.05, 0.1) is 12.3 Å². The first kappa shape index (κ1) is 17.7. The number of aliphatic hydroxyl groups is 1. The predicted molar refractivity (Wildman–Crippen MR) is 83.5 cm³/mol. The fourth-order valence-corrected chi connectivity index (χ4v) is 2.27. The highest BCUT2D eigenvalue weighted by Gasteiger charge is 2.16. The molecule has 0 radical (unpaired) electrons. The Labute approximate surface area is 126 Å². The van der Waals surface area contributed by atoms with Gasteiger partial charge < -0.3 is 19.7 Å². The lowest BCUT2D eigenvalue weighted by atomic mass is 10.2. The summed E-state index contributed by atoms with van der Waals surface area (Å²) in [5.41, 5.74) is 0.696. The van der Waals surface area contributed by atoms with Gasteiger partial charge in [-0.15, -0.1) is 0 Å². The van der Waals surface area contributed by atoms with Gasteiger partial charge in [-0.3, -0.25) is 9.69 Å². The van der Waals surface area contributed by atoms with Crippen LogP contribution in [0, 0.1) is 0 Å². The van der Waals surface area contributed by atoms with Crippen LogP contribution in [0.1, 0.15) is 25.2 Å². The zero-order chi connectivity index (χ0) is 16.0. The van der Waals surface area contributed by atoms with E-state index in [1.54, 1.807) is 0 Å². The first-order chi connectivity index (χ1) is 9.94. The number of rotatable bonds is 8. The van der Waals surface area contributed by atoms with Crippen molar-refractivity contribution in [3.05, 3.63) is 27.7 Å². The summed E-state index contributed by atoms with van der Waals surface area (Å²) in [7, 11) is 3.93. The molecule has 21 heavy (non-hydrogen) atoms. The highest BCUT2D eigenvalue weighted by atomic mass is 16.3. The van der Waals surface area contributed by atoms with E-state index in [4.69, 9.17) is 0 Å². The summed E-state index contributed by atoms with van der Waals surface area (Å²) in [6.45, 7) is 7.41. The van der Waals surface area contributed by atoms with E-state index in [1.165, 1.54) is 6.07 Å². The van der Waals surface area contributed by atoms with Gasteiger partial charge in [0.1, 0.15) is 0 Å². The van der Waals surface area contributed by atoms with Gasteiger partial charge >= 0.3 is 0 Å². The van der Waals surface area contributed by atoms with Crippen molar-refractivity contribution >= 4 is 0 Å². The van der Waals surface area contributed by atoms with Crippen LogP contribution in [0.5, 0.6) is 5.75 Å². The van der Waals surface area contributed by atoms with Crippen LogP contribution in [-0.4, -0.2) is 58.3 Å². The van der Waals surface area contributed by atoms with Crippen LogP contribution in [0.25, 0.3) is 0 Å². The molecule has 120 valence electrons. The van der Waals surface area contributed by atoms with Crippen LogP contribution in [0.2, 0.25) is 0 Å². The Kier molecular flexibility index (Phi) is 6.87. The highest BCUT2D eigenvalue weighted by molar-refractivity contribution is 5.30. The van der Waals surface area contributed by atoms with Crippen molar-refractivity contribution in [2.75, 3.05) is 33.7 Å². The van der Waals surface area contributed by atoms with Crippen molar-refractivity contribution in [1.29, 1.82) is 0 Å². The molecule has 0 aliphatic rings. The molecule has 0 saturated heterocycles. The van der Waals surface area contributed by atoms with Gasteiger partial charge in [-0.1, -0.05) is 13.8 Å². The Hall–Kier alpha value is -1.37. The number of nitrogens with zero attached hydrogens (tertiary/aromatic N) is 3. The molecule has 0 saturated carbocycles. The van der Waals surface area contributed by atoms with Crippen molar-refractivity contribution < 1.29 is 10.2 Å². The van der Waals surface area contributed by atoms with Gasteiger partial charge in [-0.2, -0.15) is 0 Å². The maximum atomic E-state index is 11.9. The van der Waals surface area contributed by atoms with Crippen molar-refractivity contribution in [1.82, 2.24) is 14.4 Å². The smallest absolute Gasteiger partial charge is 0.223 e. The Balaban J connectivity index is 3.27. The van der Waals surface area contributed by atoms with Crippen LogP contribution in [0.3, 0.4) is 0 Å². The zero-order valence-electron chi connectivity index (χ0n) is 13.5. The van der Waals surface area contributed by atoms with Crippen molar-refractivity contribution in [2.24, 2.45) is 0 Å². The number of hydrogen-bond donors (Lipinski definition) is 2. The molecule has 0 amide bonds. The molecule has 0 atom stereocenters. The van der Waals surface area contributed by atoms with E-state index in [1.807, 2.05) is 37.4 Å². The molecule has 0 spiro atoms. The number of aromatic hydroxyl groups is 1. The van der Waals surface area contributed by atoms with Gasteiger partial charge in [0.2, 0.25) is 5.43 Å². The monoisotopic (exact) mass is 297 g/mol. The van der Waals surface area contributed by atoms with Crippen molar-refractivity contribution in [3.63, 3.8) is 0 Å². The second-order valence-electron chi connectivity index (χ2n) is 5.37. The normalized spacial score (nSPS) is 11.6. The third-order valence-corrected chi connectivity index (χ3v) is 3.68. The van der Waals surface area contributed by atoms with Crippen molar-refractivity contribution in [2.45, 2.75) is 33.5 Å². The predicted octanol–water partition coefficient (Wildman–Crippen LogP) is 0.450. The van der Waals surface area contributed by atoms with E-state index in [0.29, 0.717) is 24.5 Å². The molecular formula is C15H27N3O3. The Morgan fingerprint density at radius 3 is 2.33 bits per heavy atom. The van der Waals surface area contributed by atoms with Crippen molar-refractivity contribution in [3.8, 4) is 5.75 Å². The number of aromatic nitrogens is 1. The molecular weight excluding hydrogens is 270 g/mol. The van der Waals surface area contributed by atoms with Crippen LogP contribution in [0.4, 0.5) is 0 Å². The largest absolute Gasteiger partial charge is 0.503 e. The second-order valence-corrected chi connectivity index (χ2v) is 5.37. The fraction of sp³-hybridized carbons (Fsp3) is 0.667. The summed E-state index contributed by atoms with van der Waals surface area (Å²) in [4.78, 5) is 16.0.